The Morgan fingerprint density at radius 3 is 2.56 bits per heavy atom. The fraction of sp³-hybridized carbons (Fsp3) is 0.400. The number of hydrogen-bond donors (Lipinski definition) is 1. The van der Waals surface area contributed by atoms with Crippen molar-refractivity contribution in [3.05, 3.63) is 64.9 Å². The maximum absolute atomic E-state index is 12.9. The third kappa shape index (κ3) is 4.67. The number of carbonyl (C=O) groups excluding carboxylic acids is 2. The van der Waals surface area contributed by atoms with Crippen molar-refractivity contribution in [1.82, 2.24) is 10.1 Å². The number of hydrogen-bond acceptors (Lipinski definition) is 6. The van der Waals surface area contributed by atoms with Crippen molar-refractivity contribution in [3.8, 4) is 11.1 Å². The highest BCUT2D eigenvalue weighted by atomic mass is 16.5. The number of β-amino-alcohol motifs (C(OH)–C–C–N with tert-alkyl or cyclic N) is 1. The number of rotatable bonds is 7. The summed E-state index contributed by atoms with van der Waals surface area (Å²) in [6, 6.07) is 9.23. The van der Waals surface area contributed by atoms with Crippen LogP contribution in [0.2, 0.25) is 0 Å². The highest BCUT2D eigenvalue weighted by Crippen LogP contribution is 2.29. The molecule has 1 amide bonds. The second-order valence-electron chi connectivity index (χ2n) is 8.58. The number of likely N-dealkylation sites (tertiary alicyclic amines) is 1. The maximum Gasteiger partial charge on any atom is 0.231 e. The molecule has 3 heterocycles. The third-order valence-electron chi connectivity index (χ3n) is 6.03. The van der Waals surface area contributed by atoms with E-state index in [-0.39, 0.29) is 31.1 Å². The van der Waals surface area contributed by atoms with Gasteiger partial charge in [0, 0.05) is 31.0 Å². The van der Waals surface area contributed by atoms with Crippen LogP contribution in [0.25, 0.3) is 11.1 Å². The Hall–Kier alpha value is -3.19. The zero-order valence-electron chi connectivity index (χ0n) is 18.6. The van der Waals surface area contributed by atoms with Gasteiger partial charge in [-0.2, -0.15) is 0 Å². The first kappa shape index (κ1) is 22.0. The molecular weight excluding hydrogens is 408 g/mol. The molecule has 1 aliphatic rings. The standard InChI is InChI=1S/C25H28N2O5/c1-15-14-31-17(3)25(15)19-7-4-18(5-8-19)6-9-23(29)22-11-20(28)13-27(22)24(30)12-21-10-16(2)26-32-21/h4-5,7-8,10,14,20,22,28H,6,9,11-13H2,1-3H3/t20-,22+/m1/s1. The minimum atomic E-state index is -0.690. The second kappa shape index (κ2) is 9.12. The normalized spacial score (nSPS) is 18.3. The molecule has 2 aromatic heterocycles. The lowest BCUT2D eigenvalue weighted by molar-refractivity contribution is -0.137. The molecule has 3 aromatic rings. The lowest BCUT2D eigenvalue weighted by Crippen LogP contribution is -2.41. The van der Waals surface area contributed by atoms with Gasteiger partial charge in [0.25, 0.3) is 0 Å². The Kier molecular flexibility index (Phi) is 6.28. The van der Waals surface area contributed by atoms with Crippen molar-refractivity contribution in [2.45, 2.75) is 58.6 Å². The summed E-state index contributed by atoms with van der Waals surface area (Å²) >= 11 is 0. The minimum absolute atomic E-state index is 0.0331. The van der Waals surface area contributed by atoms with Crippen molar-refractivity contribution < 1.29 is 23.6 Å². The van der Waals surface area contributed by atoms with Crippen LogP contribution in [-0.4, -0.2) is 45.5 Å². The molecule has 0 radical (unpaired) electrons. The first-order valence-electron chi connectivity index (χ1n) is 10.9. The fourth-order valence-electron chi connectivity index (χ4n) is 4.42. The SMILES string of the molecule is Cc1cc(CC(=O)N2C[C@H](O)C[C@H]2C(=O)CCc2ccc(-c3c(C)coc3C)cc2)on1. The van der Waals surface area contributed by atoms with Crippen molar-refractivity contribution in [2.24, 2.45) is 0 Å². The van der Waals surface area contributed by atoms with Crippen LogP contribution >= 0.6 is 0 Å². The van der Waals surface area contributed by atoms with Gasteiger partial charge in [-0.3, -0.25) is 9.59 Å². The third-order valence-corrected chi connectivity index (χ3v) is 6.03. The Bertz CT molecular complexity index is 1090. The molecule has 0 bridgehead atoms. The minimum Gasteiger partial charge on any atom is -0.469 e. The van der Waals surface area contributed by atoms with Crippen molar-refractivity contribution >= 4 is 11.7 Å². The predicted molar refractivity (Wildman–Crippen MR) is 118 cm³/mol. The number of aliphatic hydroxyl groups excluding tert-OH is 1. The maximum atomic E-state index is 12.9. The average molecular weight is 437 g/mol. The highest BCUT2D eigenvalue weighted by Gasteiger charge is 2.38. The van der Waals surface area contributed by atoms with Crippen LogP contribution in [-0.2, 0) is 22.4 Å². The van der Waals surface area contributed by atoms with Crippen molar-refractivity contribution in [1.29, 1.82) is 0 Å². The van der Waals surface area contributed by atoms with Crippen LogP contribution in [0.15, 0.2) is 45.5 Å². The van der Waals surface area contributed by atoms with Gasteiger partial charge in [0.15, 0.2) is 5.78 Å². The van der Waals surface area contributed by atoms with Crippen molar-refractivity contribution in [3.63, 3.8) is 0 Å². The topological polar surface area (TPSA) is 96.8 Å². The van der Waals surface area contributed by atoms with E-state index in [9.17, 15) is 14.7 Å². The van der Waals surface area contributed by atoms with E-state index in [2.05, 4.69) is 5.16 Å². The quantitative estimate of drug-likeness (QED) is 0.608. The molecule has 0 aliphatic carbocycles. The molecule has 0 saturated carbocycles. The first-order chi connectivity index (χ1) is 15.3. The first-order valence-corrected chi connectivity index (χ1v) is 10.9. The van der Waals surface area contributed by atoms with Gasteiger partial charge in [-0.05, 0) is 43.9 Å². The van der Waals surface area contributed by atoms with Gasteiger partial charge < -0.3 is 18.9 Å². The fourth-order valence-corrected chi connectivity index (χ4v) is 4.42. The van der Waals surface area contributed by atoms with Gasteiger partial charge in [-0.15, -0.1) is 0 Å². The molecule has 0 spiro atoms. The molecule has 1 fully saturated rings. The van der Waals surface area contributed by atoms with Gasteiger partial charge in [-0.1, -0.05) is 29.4 Å². The molecule has 1 saturated heterocycles. The molecule has 2 atom stereocenters. The molecule has 168 valence electrons. The predicted octanol–water partition coefficient (Wildman–Crippen LogP) is 3.57. The number of benzene rings is 1. The van der Waals surface area contributed by atoms with E-state index in [0.717, 1.165) is 28.0 Å². The Morgan fingerprint density at radius 1 is 1.19 bits per heavy atom. The summed E-state index contributed by atoms with van der Waals surface area (Å²) in [4.78, 5) is 27.1. The number of furan rings is 1. The lowest BCUT2D eigenvalue weighted by atomic mass is 9.98. The van der Waals surface area contributed by atoms with Crippen LogP contribution in [0.1, 0.15) is 41.2 Å². The number of ketones is 1. The number of carbonyl (C=O) groups is 2. The zero-order valence-corrected chi connectivity index (χ0v) is 18.6. The number of aromatic nitrogens is 1. The van der Waals surface area contributed by atoms with E-state index < -0.39 is 12.1 Å². The smallest absolute Gasteiger partial charge is 0.231 e. The summed E-state index contributed by atoms with van der Waals surface area (Å²) < 4.78 is 10.6. The Balaban J connectivity index is 1.37. The molecule has 0 unspecified atom stereocenters. The Labute approximate surface area is 187 Å². The molecule has 1 aliphatic heterocycles. The van der Waals surface area contributed by atoms with E-state index in [1.807, 2.05) is 38.1 Å². The molecular formula is C25H28N2O5. The van der Waals surface area contributed by atoms with Gasteiger partial charge in [0.1, 0.15) is 11.5 Å². The van der Waals surface area contributed by atoms with E-state index in [4.69, 9.17) is 8.94 Å². The summed E-state index contributed by atoms with van der Waals surface area (Å²) in [5.74, 6) is 1.08. The van der Waals surface area contributed by atoms with Gasteiger partial charge in [0.05, 0.1) is 30.5 Å². The number of Topliss-reactive ketones (excluding diaryl/α,β-unsaturated/α-hetero) is 1. The van der Waals surface area contributed by atoms with E-state index >= 15 is 0 Å². The van der Waals surface area contributed by atoms with Crippen LogP contribution in [0.5, 0.6) is 0 Å². The van der Waals surface area contributed by atoms with E-state index in [1.54, 1.807) is 19.3 Å². The summed E-state index contributed by atoms with van der Waals surface area (Å²) in [5.41, 5.74) is 5.03. The number of aryl methyl sites for hydroxylation is 4. The average Bonchev–Trinajstić information content (AvgIpc) is 3.45. The molecule has 32 heavy (non-hydrogen) atoms. The summed E-state index contributed by atoms with van der Waals surface area (Å²) in [6.07, 6.45) is 2.27. The van der Waals surface area contributed by atoms with Crippen LogP contribution in [0, 0.1) is 20.8 Å². The van der Waals surface area contributed by atoms with Gasteiger partial charge in [0.2, 0.25) is 5.91 Å². The second-order valence-corrected chi connectivity index (χ2v) is 8.58. The monoisotopic (exact) mass is 436 g/mol. The van der Waals surface area contributed by atoms with Crippen LogP contribution in [0.3, 0.4) is 0 Å². The van der Waals surface area contributed by atoms with Gasteiger partial charge in [-0.25, -0.2) is 0 Å². The lowest BCUT2D eigenvalue weighted by Gasteiger charge is -2.23. The summed E-state index contributed by atoms with van der Waals surface area (Å²) in [6.45, 7) is 5.92. The molecule has 1 N–H and O–H groups in total. The molecule has 7 nitrogen and oxygen atoms in total. The molecule has 1 aromatic carbocycles. The van der Waals surface area contributed by atoms with Gasteiger partial charge >= 0.3 is 0 Å². The number of amides is 1. The number of nitrogens with zero attached hydrogens (tertiary/aromatic N) is 2. The van der Waals surface area contributed by atoms with E-state index in [1.165, 1.54) is 4.90 Å². The largest absolute Gasteiger partial charge is 0.469 e. The Morgan fingerprint density at radius 2 is 1.94 bits per heavy atom. The summed E-state index contributed by atoms with van der Waals surface area (Å²) in [5, 5.41) is 13.9. The van der Waals surface area contributed by atoms with Crippen molar-refractivity contribution in [2.75, 3.05) is 6.54 Å². The summed E-state index contributed by atoms with van der Waals surface area (Å²) in [7, 11) is 0. The van der Waals surface area contributed by atoms with Crippen LogP contribution in [0.4, 0.5) is 0 Å². The highest BCUT2D eigenvalue weighted by molar-refractivity contribution is 5.90. The molecule has 4 rings (SSSR count). The number of aliphatic hydroxyl groups is 1. The van der Waals surface area contributed by atoms with E-state index in [0.29, 0.717) is 24.3 Å². The van der Waals surface area contributed by atoms with Crippen LogP contribution < -0.4 is 0 Å². The molecule has 7 heteroatoms. The zero-order chi connectivity index (χ0) is 22.8.